The molecule has 2 atom stereocenters. The summed E-state index contributed by atoms with van der Waals surface area (Å²) in [6.07, 6.45) is 3.56. The first-order valence-electron chi connectivity index (χ1n) is 8.17. The van der Waals surface area contributed by atoms with Crippen LogP contribution in [0.3, 0.4) is 0 Å². The molecular formula is C18H29NO2. The summed E-state index contributed by atoms with van der Waals surface area (Å²) in [5.41, 5.74) is 2.77. The summed E-state index contributed by atoms with van der Waals surface area (Å²) >= 11 is 0. The molecule has 0 heterocycles. The van der Waals surface area contributed by atoms with Crippen molar-refractivity contribution in [3.63, 3.8) is 0 Å². The summed E-state index contributed by atoms with van der Waals surface area (Å²) in [4.78, 5) is 0. The fourth-order valence-corrected chi connectivity index (χ4v) is 2.93. The van der Waals surface area contributed by atoms with Crippen molar-refractivity contribution in [3.8, 4) is 5.75 Å². The summed E-state index contributed by atoms with van der Waals surface area (Å²) in [6.45, 7) is 8.47. The number of benzene rings is 1. The van der Waals surface area contributed by atoms with E-state index in [-0.39, 0.29) is 6.10 Å². The van der Waals surface area contributed by atoms with E-state index in [9.17, 15) is 0 Å². The van der Waals surface area contributed by atoms with Gasteiger partial charge < -0.3 is 14.8 Å². The molecule has 0 fully saturated rings. The zero-order valence-electron chi connectivity index (χ0n) is 13.8. The fraction of sp³-hybridized carbons (Fsp3) is 0.667. The van der Waals surface area contributed by atoms with Gasteiger partial charge in [0.1, 0.15) is 5.75 Å². The molecule has 21 heavy (non-hydrogen) atoms. The van der Waals surface area contributed by atoms with Gasteiger partial charge in [-0.2, -0.15) is 0 Å². The van der Waals surface area contributed by atoms with Crippen LogP contribution in [0.25, 0.3) is 0 Å². The van der Waals surface area contributed by atoms with Crippen LogP contribution >= 0.6 is 0 Å². The van der Waals surface area contributed by atoms with Gasteiger partial charge in [-0.1, -0.05) is 26.8 Å². The molecule has 1 aromatic carbocycles. The molecule has 0 aliphatic heterocycles. The molecule has 1 N–H and O–H groups in total. The number of hydrogen-bond acceptors (Lipinski definition) is 3. The fourth-order valence-electron chi connectivity index (χ4n) is 2.93. The van der Waals surface area contributed by atoms with E-state index >= 15 is 0 Å². The Kier molecular flexibility index (Phi) is 6.07. The van der Waals surface area contributed by atoms with Gasteiger partial charge >= 0.3 is 0 Å². The number of hydrogen-bond donors (Lipinski definition) is 1. The van der Waals surface area contributed by atoms with Gasteiger partial charge in [0, 0.05) is 6.61 Å². The summed E-state index contributed by atoms with van der Waals surface area (Å²) in [5.74, 6) is 1.53. The molecular weight excluding hydrogens is 262 g/mol. The second kappa shape index (κ2) is 7.81. The first kappa shape index (κ1) is 16.3. The van der Waals surface area contributed by atoms with Crippen LogP contribution in [0, 0.1) is 5.92 Å². The Morgan fingerprint density at radius 3 is 2.81 bits per heavy atom. The predicted octanol–water partition coefficient (Wildman–Crippen LogP) is 3.72. The monoisotopic (exact) mass is 291 g/mol. The van der Waals surface area contributed by atoms with Crippen LogP contribution < -0.4 is 10.1 Å². The number of ether oxygens (including phenoxy) is 2. The number of nitrogens with one attached hydrogen (secondary N) is 1. The Labute approximate surface area is 129 Å². The van der Waals surface area contributed by atoms with Gasteiger partial charge in [0.25, 0.3) is 0 Å². The lowest BCUT2D eigenvalue weighted by molar-refractivity contribution is 0.00183. The van der Waals surface area contributed by atoms with E-state index in [0.29, 0.717) is 12.0 Å². The Hall–Kier alpha value is -1.06. The van der Waals surface area contributed by atoms with Gasteiger partial charge in [-0.15, -0.1) is 0 Å². The number of aryl methyl sites for hydroxylation is 1. The van der Waals surface area contributed by atoms with E-state index < -0.39 is 0 Å². The second-order valence-corrected chi connectivity index (χ2v) is 6.30. The summed E-state index contributed by atoms with van der Waals surface area (Å²) in [5, 5.41) is 3.67. The second-order valence-electron chi connectivity index (χ2n) is 6.30. The predicted molar refractivity (Wildman–Crippen MR) is 86.9 cm³/mol. The highest BCUT2D eigenvalue weighted by Crippen LogP contribution is 2.34. The third-order valence-corrected chi connectivity index (χ3v) is 4.01. The maximum absolute atomic E-state index is 6.17. The first-order valence-corrected chi connectivity index (χ1v) is 8.17. The van der Waals surface area contributed by atoms with Crippen molar-refractivity contribution in [2.24, 2.45) is 5.92 Å². The van der Waals surface area contributed by atoms with Crippen molar-refractivity contribution >= 4 is 0 Å². The van der Waals surface area contributed by atoms with Crippen LogP contribution in [0.2, 0.25) is 0 Å². The molecule has 0 spiro atoms. The number of rotatable bonds is 7. The average molecular weight is 291 g/mol. The maximum Gasteiger partial charge on any atom is 0.119 e. The molecule has 0 amide bonds. The highest BCUT2D eigenvalue weighted by atomic mass is 16.5. The van der Waals surface area contributed by atoms with Crippen molar-refractivity contribution < 1.29 is 9.47 Å². The molecule has 0 aromatic heterocycles. The van der Waals surface area contributed by atoms with Crippen molar-refractivity contribution in [1.82, 2.24) is 5.32 Å². The van der Waals surface area contributed by atoms with Gasteiger partial charge in [-0.05, 0) is 55.0 Å². The highest BCUT2D eigenvalue weighted by Gasteiger charge is 2.30. The van der Waals surface area contributed by atoms with E-state index in [1.807, 2.05) is 0 Å². The Morgan fingerprint density at radius 2 is 2.14 bits per heavy atom. The lowest BCUT2D eigenvalue weighted by Gasteiger charge is -2.35. The van der Waals surface area contributed by atoms with Crippen molar-refractivity contribution in [1.29, 1.82) is 0 Å². The topological polar surface area (TPSA) is 30.5 Å². The van der Waals surface area contributed by atoms with E-state index in [0.717, 1.165) is 38.2 Å². The van der Waals surface area contributed by atoms with Crippen molar-refractivity contribution in [2.75, 3.05) is 20.3 Å². The minimum Gasteiger partial charge on any atom is -0.497 e. The van der Waals surface area contributed by atoms with E-state index in [1.54, 1.807) is 7.11 Å². The minimum absolute atomic E-state index is 0.278. The van der Waals surface area contributed by atoms with Gasteiger partial charge in [-0.25, -0.2) is 0 Å². The number of methoxy groups -OCH3 is 1. The third-order valence-electron chi connectivity index (χ3n) is 4.01. The Balaban J connectivity index is 2.17. The third kappa shape index (κ3) is 4.21. The smallest absolute Gasteiger partial charge is 0.119 e. The van der Waals surface area contributed by atoms with Crippen LogP contribution in [0.1, 0.15) is 50.8 Å². The van der Waals surface area contributed by atoms with Crippen LogP contribution in [-0.2, 0) is 11.2 Å². The van der Waals surface area contributed by atoms with Crippen LogP contribution in [-0.4, -0.2) is 26.4 Å². The SMILES string of the molecule is CCCNC1c2ccc(OC)cc2CCC1OCC(C)C. The summed E-state index contributed by atoms with van der Waals surface area (Å²) < 4.78 is 11.5. The molecule has 0 bridgehead atoms. The summed E-state index contributed by atoms with van der Waals surface area (Å²) in [6, 6.07) is 6.74. The standard InChI is InChI=1S/C18H29NO2/c1-5-10-19-18-16-8-7-15(20-4)11-14(16)6-9-17(18)21-12-13(2)3/h7-8,11,13,17-19H,5-6,9-10,12H2,1-4H3. The van der Waals surface area contributed by atoms with Crippen LogP contribution in [0.4, 0.5) is 0 Å². The zero-order chi connectivity index (χ0) is 15.2. The molecule has 0 saturated carbocycles. The van der Waals surface area contributed by atoms with Crippen molar-refractivity contribution in [2.45, 2.75) is 52.2 Å². The van der Waals surface area contributed by atoms with E-state index in [1.165, 1.54) is 11.1 Å². The molecule has 1 aliphatic rings. The van der Waals surface area contributed by atoms with Crippen LogP contribution in [0.5, 0.6) is 5.75 Å². The average Bonchev–Trinajstić information content (AvgIpc) is 2.50. The lowest BCUT2D eigenvalue weighted by atomic mass is 9.85. The quantitative estimate of drug-likeness (QED) is 0.830. The molecule has 2 unspecified atom stereocenters. The number of fused-ring (bicyclic) bond motifs is 1. The Bertz CT molecular complexity index is 445. The van der Waals surface area contributed by atoms with Gasteiger partial charge in [-0.3, -0.25) is 0 Å². The van der Waals surface area contributed by atoms with Crippen LogP contribution in [0.15, 0.2) is 18.2 Å². The molecule has 1 aromatic rings. The van der Waals surface area contributed by atoms with E-state index in [4.69, 9.17) is 9.47 Å². The molecule has 3 nitrogen and oxygen atoms in total. The molecule has 3 heteroatoms. The van der Waals surface area contributed by atoms with Gasteiger partial charge in [0.2, 0.25) is 0 Å². The molecule has 1 aliphatic carbocycles. The molecule has 118 valence electrons. The summed E-state index contributed by atoms with van der Waals surface area (Å²) in [7, 11) is 1.73. The van der Waals surface area contributed by atoms with Gasteiger partial charge in [0.05, 0.1) is 19.3 Å². The lowest BCUT2D eigenvalue weighted by Crippen LogP contribution is -2.38. The van der Waals surface area contributed by atoms with Gasteiger partial charge in [0.15, 0.2) is 0 Å². The molecule has 0 saturated heterocycles. The molecule has 2 rings (SSSR count). The Morgan fingerprint density at radius 1 is 1.33 bits per heavy atom. The normalized spacial score (nSPS) is 21.4. The van der Waals surface area contributed by atoms with E-state index in [2.05, 4.69) is 44.3 Å². The largest absolute Gasteiger partial charge is 0.497 e. The zero-order valence-corrected chi connectivity index (χ0v) is 13.8. The minimum atomic E-state index is 0.278. The first-order chi connectivity index (χ1) is 10.2. The molecule has 0 radical (unpaired) electrons. The highest BCUT2D eigenvalue weighted by molar-refractivity contribution is 5.40. The maximum atomic E-state index is 6.17. The van der Waals surface area contributed by atoms with Crippen molar-refractivity contribution in [3.05, 3.63) is 29.3 Å².